The van der Waals surface area contributed by atoms with Gasteiger partial charge < -0.3 is 25.5 Å². The fourth-order valence-corrected chi connectivity index (χ4v) is 3.79. The van der Waals surface area contributed by atoms with Crippen molar-refractivity contribution in [3.63, 3.8) is 0 Å². The monoisotopic (exact) mass is 379 g/mol. The highest BCUT2D eigenvalue weighted by molar-refractivity contribution is 6.31. The molecule has 2 amide bonds. The molecular weight excluding hydrogens is 358 g/mol. The number of fused-ring (bicyclic) bond motifs is 1. The summed E-state index contributed by atoms with van der Waals surface area (Å²) in [4.78, 5) is 26.8. The Hall–Kier alpha value is -2.25. The first kappa shape index (κ1) is 18.5. The van der Waals surface area contributed by atoms with Gasteiger partial charge in [0.1, 0.15) is 5.69 Å². The van der Waals surface area contributed by atoms with Crippen LogP contribution in [0, 0.1) is 5.92 Å². The lowest BCUT2D eigenvalue weighted by molar-refractivity contribution is 0.0843. The summed E-state index contributed by atoms with van der Waals surface area (Å²) in [5.74, 6) is 0.0184. The number of H-pyrrole nitrogens is 1. The average Bonchev–Trinajstić information content (AvgIpc) is 3.00. The molecule has 1 heterocycles. The van der Waals surface area contributed by atoms with Crippen molar-refractivity contribution >= 4 is 34.5 Å². The SMILES string of the molecule is COCC1CCC(NC(=O)c2cc3cc(Cl)ccc3[nH]2)C(NC(=O)O)C1. The van der Waals surface area contributed by atoms with Crippen LogP contribution in [0.5, 0.6) is 0 Å². The maximum atomic E-state index is 12.6. The van der Waals surface area contributed by atoms with E-state index >= 15 is 0 Å². The molecule has 8 heteroatoms. The predicted octanol–water partition coefficient (Wildman–Crippen LogP) is 3.00. The van der Waals surface area contributed by atoms with E-state index in [1.54, 1.807) is 25.3 Å². The second-order valence-electron chi connectivity index (χ2n) is 6.68. The van der Waals surface area contributed by atoms with Crippen LogP contribution in [0.15, 0.2) is 24.3 Å². The molecule has 26 heavy (non-hydrogen) atoms. The maximum absolute atomic E-state index is 12.6. The van der Waals surface area contributed by atoms with Gasteiger partial charge in [0, 0.05) is 35.7 Å². The first-order chi connectivity index (χ1) is 12.5. The Morgan fingerprint density at radius 1 is 1.27 bits per heavy atom. The second-order valence-corrected chi connectivity index (χ2v) is 7.12. The van der Waals surface area contributed by atoms with Crippen LogP contribution in [0.2, 0.25) is 5.02 Å². The fourth-order valence-electron chi connectivity index (χ4n) is 3.61. The van der Waals surface area contributed by atoms with Gasteiger partial charge in [0.05, 0.1) is 6.04 Å². The van der Waals surface area contributed by atoms with Crippen LogP contribution in [0.25, 0.3) is 10.9 Å². The fraction of sp³-hybridized carbons (Fsp3) is 0.444. The Bertz CT molecular complexity index is 807. The van der Waals surface area contributed by atoms with E-state index in [-0.39, 0.29) is 23.9 Å². The summed E-state index contributed by atoms with van der Waals surface area (Å²) in [7, 11) is 1.63. The third-order valence-corrected chi connectivity index (χ3v) is 5.05. The minimum Gasteiger partial charge on any atom is -0.465 e. The number of hydrogen-bond donors (Lipinski definition) is 4. The number of amides is 2. The first-order valence-corrected chi connectivity index (χ1v) is 8.91. The van der Waals surface area contributed by atoms with E-state index in [0.29, 0.717) is 30.2 Å². The topological polar surface area (TPSA) is 103 Å². The average molecular weight is 380 g/mol. The zero-order valence-electron chi connectivity index (χ0n) is 14.4. The third-order valence-electron chi connectivity index (χ3n) is 4.81. The number of carbonyl (C=O) groups excluding carboxylic acids is 1. The summed E-state index contributed by atoms with van der Waals surface area (Å²) in [6.45, 7) is 0.585. The Morgan fingerprint density at radius 2 is 2.08 bits per heavy atom. The number of nitrogens with one attached hydrogen (secondary N) is 3. The van der Waals surface area contributed by atoms with Crippen molar-refractivity contribution in [2.24, 2.45) is 5.92 Å². The standard InChI is InChI=1S/C18H22ClN3O4/c1-26-9-10-2-4-14(15(6-10)22-18(24)25)21-17(23)16-8-11-7-12(19)3-5-13(11)20-16/h3,5,7-8,10,14-15,20,22H,2,4,6,9H2,1H3,(H,21,23)(H,24,25). The van der Waals surface area contributed by atoms with Crippen molar-refractivity contribution in [1.29, 1.82) is 0 Å². The lowest BCUT2D eigenvalue weighted by atomic mass is 9.82. The van der Waals surface area contributed by atoms with Crippen molar-refractivity contribution in [3.05, 3.63) is 35.0 Å². The molecule has 0 saturated heterocycles. The molecule has 1 fully saturated rings. The van der Waals surface area contributed by atoms with Gasteiger partial charge in [-0.15, -0.1) is 0 Å². The number of carbonyl (C=O) groups is 2. The van der Waals surface area contributed by atoms with Gasteiger partial charge in [-0.25, -0.2) is 4.79 Å². The van der Waals surface area contributed by atoms with E-state index in [0.717, 1.165) is 17.3 Å². The Kier molecular flexibility index (Phi) is 5.68. The lowest BCUT2D eigenvalue weighted by Crippen LogP contribution is -2.54. The summed E-state index contributed by atoms with van der Waals surface area (Å²) in [5, 5.41) is 16.0. The summed E-state index contributed by atoms with van der Waals surface area (Å²) in [5.41, 5.74) is 1.25. The van der Waals surface area contributed by atoms with Gasteiger partial charge in [-0.2, -0.15) is 0 Å². The molecule has 1 aromatic heterocycles. The van der Waals surface area contributed by atoms with E-state index < -0.39 is 6.09 Å². The molecule has 0 aliphatic heterocycles. The molecule has 1 aromatic carbocycles. The number of benzene rings is 1. The van der Waals surface area contributed by atoms with Gasteiger partial charge in [-0.1, -0.05) is 11.6 Å². The minimum atomic E-state index is -1.09. The van der Waals surface area contributed by atoms with Gasteiger partial charge in [0.25, 0.3) is 5.91 Å². The van der Waals surface area contributed by atoms with E-state index in [4.69, 9.17) is 21.4 Å². The van der Waals surface area contributed by atoms with Crippen molar-refractivity contribution in [2.75, 3.05) is 13.7 Å². The molecule has 2 aromatic rings. The van der Waals surface area contributed by atoms with Crippen molar-refractivity contribution in [3.8, 4) is 0 Å². The van der Waals surface area contributed by atoms with Crippen LogP contribution in [-0.4, -0.2) is 47.9 Å². The number of ether oxygens (including phenoxy) is 1. The van der Waals surface area contributed by atoms with Gasteiger partial charge in [-0.05, 0) is 49.4 Å². The zero-order chi connectivity index (χ0) is 18.7. The zero-order valence-corrected chi connectivity index (χ0v) is 15.2. The molecule has 3 atom stereocenters. The van der Waals surface area contributed by atoms with Crippen LogP contribution in [0.4, 0.5) is 4.79 Å². The molecule has 1 aliphatic rings. The van der Waals surface area contributed by atoms with Crippen molar-refractivity contribution < 1.29 is 19.4 Å². The maximum Gasteiger partial charge on any atom is 0.404 e. The molecule has 3 unspecified atom stereocenters. The van der Waals surface area contributed by atoms with Crippen LogP contribution >= 0.6 is 11.6 Å². The number of halogens is 1. The molecule has 0 radical (unpaired) electrons. The Balaban J connectivity index is 1.72. The van der Waals surface area contributed by atoms with Crippen LogP contribution in [0.3, 0.4) is 0 Å². The highest BCUT2D eigenvalue weighted by atomic mass is 35.5. The van der Waals surface area contributed by atoms with Crippen LogP contribution < -0.4 is 10.6 Å². The van der Waals surface area contributed by atoms with Gasteiger partial charge in [0.15, 0.2) is 0 Å². The highest BCUT2D eigenvalue weighted by Crippen LogP contribution is 2.26. The summed E-state index contributed by atoms with van der Waals surface area (Å²) in [6.07, 6.45) is 1.11. The Labute approximate surface area is 156 Å². The molecule has 0 bridgehead atoms. The van der Waals surface area contributed by atoms with Crippen molar-refractivity contribution in [1.82, 2.24) is 15.6 Å². The van der Waals surface area contributed by atoms with Gasteiger partial charge in [-0.3, -0.25) is 4.79 Å². The van der Waals surface area contributed by atoms with Crippen molar-refractivity contribution in [2.45, 2.75) is 31.3 Å². The number of hydrogen-bond acceptors (Lipinski definition) is 3. The largest absolute Gasteiger partial charge is 0.465 e. The molecule has 1 saturated carbocycles. The summed E-state index contributed by atoms with van der Waals surface area (Å²) >= 11 is 5.98. The number of aromatic amines is 1. The molecule has 140 valence electrons. The minimum absolute atomic E-state index is 0.260. The normalized spacial score (nSPS) is 22.9. The number of rotatable bonds is 5. The third kappa shape index (κ3) is 4.28. The molecular formula is C18H22ClN3O4. The van der Waals surface area contributed by atoms with Crippen LogP contribution in [0.1, 0.15) is 29.8 Å². The molecule has 4 N–H and O–H groups in total. The van der Waals surface area contributed by atoms with E-state index in [9.17, 15) is 9.59 Å². The van der Waals surface area contributed by atoms with E-state index in [1.165, 1.54) is 0 Å². The van der Waals surface area contributed by atoms with E-state index in [2.05, 4.69) is 15.6 Å². The second kappa shape index (κ2) is 7.97. The summed E-state index contributed by atoms with van der Waals surface area (Å²) < 4.78 is 5.19. The first-order valence-electron chi connectivity index (χ1n) is 8.54. The summed E-state index contributed by atoms with van der Waals surface area (Å²) in [6, 6.07) is 6.50. The number of carboxylic acid groups (broad SMARTS) is 1. The predicted molar refractivity (Wildman–Crippen MR) is 98.7 cm³/mol. The molecule has 0 spiro atoms. The number of methoxy groups -OCH3 is 1. The van der Waals surface area contributed by atoms with E-state index in [1.807, 2.05) is 6.07 Å². The van der Waals surface area contributed by atoms with Crippen LogP contribution in [-0.2, 0) is 4.74 Å². The Morgan fingerprint density at radius 3 is 2.81 bits per heavy atom. The van der Waals surface area contributed by atoms with Gasteiger partial charge >= 0.3 is 6.09 Å². The molecule has 3 rings (SSSR count). The highest BCUT2D eigenvalue weighted by Gasteiger charge is 2.33. The quantitative estimate of drug-likeness (QED) is 0.641. The molecule has 7 nitrogen and oxygen atoms in total. The van der Waals surface area contributed by atoms with Gasteiger partial charge in [0.2, 0.25) is 0 Å². The lowest BCUT2D eigenvalue weighted by Gasteiger charge is -2.36. The number of aromatic nitrogens is 1. The molecule has 1 aliphatic carbocycles. The smallest absolute Gasteiger partial charge is 0.404 e.